The summed E-state index contributed by atoms with van der Waals surface area (Å²) in [5.41, 5.74) is -1.11. The Morgan fingerprint density at radius 1 is 0.262 bits per heavy atom. The van der Waals surface area contributed by atoms with E-state index in [0.29, 0.717) is 25.7 Å². The molecule has 0 heterocycles. The van der Waals surface area contributed by atoms with Crippen molar-refractivity contribution >= 4 is 23.9 Å². The molecule has 0 rings (SSSR count). The van der Waals surface area contributed by atoms with Gasteiger partial charge in [0.25, 0.3) is 0 Å². The first-order valence-corrected chi connectivity index (χ1v) is 24.6. The van der Waals surface area contributed by atoms with Crippen LogP contribution in [0.15, 0.2) is 0 Å². The largest absolute Gasteiger partial charge is 0.481 e. The summed E-state index contributed by atoms with van der Waals surface area (Å²) in [6, 6.07) is 0. The zero-order valence-electron chi connectivity index (χ0n) is 40.0. The van der Waals surface area contributed by atoms with Crippen molar-refractivity contribution in [2.45, 2.75) is 259 Å². The number of carboxylic acid groups (broad SMARTS) is 4. The van der Waals surface area contributed by atoms with Gasteiger partial charge < -0.3 is 40.9 Å². The smallest absolute Gasteiger partial charge is 0.303 e. The molecule has 0 spiro atoms. The fourth-order valence-corrected chi connectivity index (χ4v) is 5.94. The van der Waals surface area contributed by atoms with Crippen molar-refractivity contribution in [3.63, 3.8) is 0 Å². The Kier molecular flexibility index (Phi) is 66.5. The SMILES string of the molecule is CCCCCCCCCCC(=O)O.CCCCCCCCCCC(=O)O.CCCCCCCCCCC(=O)O.CCCCCCCCCCC(=O)O.OCC(CO)(CO)CO. The minimum absolute atomic E-state index is 0.342. The summed E-state index contributed by atoms with van der Waals surface area (Å²) in [5, 5.41) is 67.5. The number of aliphatic hydroxyl groups is 4. The highest BCUT2D eigenvalue weighted by Crippen LogP contribution is 2.13. The second-order valence-corrected chi connectivity index (χ2v) is 16.6. The number of aliphatic carboxylic acids is 4. The Morgan fingerprint density at radius 2 is 0.393 bits per heavy atom. The van der Waals surface area contributed by atoms with E-state index in [1.807, 2.05) is 0 Å². The van der Waals surface area contributed by atoms with Crippen molar-refractivity contribution in [3.8, 4) is 0 Å². The van der Waals surface area contributed by atoms with Crippen molar-refractivity contribution < 1.29 is 60.0 Å². The van der Waals surface area contributed by atoms with Gasteiger partial charge in [-0.15, -0.1) is 0 Å². The van der Waals surface area contributed by atoms with Gasteiger partial charge in [0, 0.05) is 25.7 Å². The minimum Gasteiger partial charge on any atom is -0.481 e. The first kappa shape index (κ1) is 67.8. The maximum absolute atomic E-state index is 10.2. The van der Waals surface area contributed by atoms with Gasteiger partial charge >= 0.3 is 23.9 Å². The second-order valence-electron chi connectivity index (χ2n) is 16.6. The highest BCUT2D eigenvalue weighted by Gasteiger charge is 2.26. The number of hydrogen-bond donors (Lipinski definition) is 8. The standard InChI is InChI=1S/4C11H22O2.C5H12O4/c4*1-2-3-4-5-6-7-8-9-10-11(12)13;6-1-5(2-7,3-8)4-9/h4*2-10H2,1H3,(H,12,13);6-9H,1-4H2. The lowest BCUT2D eigenvalue weighted by Crippen LogP contribution is -2.37. The predicted octanol–water partition coefficient (Wildman–Crippen LogP) is 12.3. The van der Waals surface area contributed by atoms with E-state index >= 15 is 0 Å². The van der Waals surface area contributed by atoms with E-state index in [9.17, 15) is 19.2 Å². The van der Waals surface area contributed by atoms with E-state index in [4.69, 9.17) is 40.9 Å². The van der Waals surface area contributed by atoms with Crippen molar-refractivity contribution in [3.05, 3.63) is 0 Å². The number of aliphatic hydroxyl groups excluding tert-OH is 4. The summed E-state index contributed by atoms with van der Waals surface area (Å²) in [6.45, 7) is 7.24. The van der Waals surface area contributed by atoms with Crippen molar-refractivity contribution in [2.24, 2.45) is 5.41 Å². The molecular formula is C49H100O12. The molecule has 61 heavy (non-hydrogen) atoms. The Hall–Kier alpha value is -2.28. The van der Waals surface area contributed by atoms with Gasteiger partial charge in [-0.2, -0.15) is 0 Å². The molecule has 0 aromatic heterocycles. The van der Waals surface area contributed by atoms with Crippen LogP contribution in [0.3, 0.4) is 0 Å². The third-order valence-corrected chi connectivity index (χ3v) is 10.3. The Bertz CT molecular complexity index is 742. The monoisotopic (exact) mass is 881 g/mol. The quantitative estimate of drug-likeness (QED) is 0.0269. The maximum Gasteiger partial charge on any atom is 0.303 e. The van der Waals surface area contributed by atoms with Crippen LogP contribution in [0.25, 0.3) is 0 Å². The molecule has 0 aliphatic rings. The van der Waals surface area contributed by atoms with Gasteiger partial charge in [0.1, 0.15) is 0 Å². The average Bonchev–Trinajstić information content (AvgIpc) is 3.23. The molecule has 0 aliphatic carbocycles. The number of unbranched alkanes of at least 4 members (excludes halogenated alkanes) is 28. The molecule has 0 fully saturated rings. The van der Waals surface area contributed by atoms with Crippen molar-refractivity contribution in [2.75, 3.05) is 26.4 Å². The Morgan fingerprint density at radius 3 is 0.492 bits per heavy atom. The van der Waals surface area contributed by atoms with Gasteiger partial charge in [-0.3, -0.25) is 19.2 Å². The molecule has 0 aliphatic heterocycles. The van der Waals surface area contributed by atoms with Crippen molar-refractivity contribution in [1.82, 2.24) is 0 Å². The molecule has 0 amide bonds. The normalized spacial score (nSPS) is 10.5. The van der Waals surface area contributed by atoms with E-state index in [0.717, 1.165) is 51.4 Å². The van der Waals surface area contributed by atoms with Gasteiger partial charge in [-0.05, 0) is 25.7 Å². The molecular weight excluding hydrogens is 781 g/mol. The van der Waals surface area contributed by atoms with Gasteiger partial charge in [0.15, 0.2) is 0 Å². The fourth-order valence-electron chi connectivity index (χ4n) is 5.94. The summed E-state index contributed by atoms with van der Waals surface area (Å²) < 4.78 is 0. The molecule has 368 valence electrons. The highest BCUT2D eigenvalue weighted by atomic mass is 16.4. The van der Waals surface area contributed by atoms with Crippen LogP contribution in [0.5, 0.6) is 0 Å². The summed E-state index contributed by atoms with van der Waals surface area (Å²) in [7, 11) is 0. The topological polar surface area (TPSA) is 230 Å². The lowest BCUT2D eigenvalue weighted by molar-refractivity contribution is -0.138. The van der Waals surface area contributed by atoms with Gasteiger partial charge in [0.05, 0.1) is 31.8 Å². The van der Waals surface area contributed by atoms with Crippen LogP contribution < -0.4 is 0 Å². The zero-order valence-corrected chi connectivity index (χ0v) is 40.0. The molecule has 0 unspecified atom stereocenters. The number of carbonyl (C=O) groups is 4. The van der Waals surface area contributed by atoms with E-state index in [2.05, 4.69) is 27.7 Å². The van der Waals surface area contributed by atoms with Crippen molar-refractivity contribution in [1.29, 1.82) is 0 Å². The number of carboxylic acids is 4. The van der Waals surface area contributed by atoms with E-state index in [1.165, 1.54) is 154 Å². The highest BCUT2D eigenvalue weighted by molar-refractivity contribution is 5.67. The number of rotatable bonds is 40. The van der Waals surface area contributed by atoms with E-state index in [1.54, 1.807) is 0 Å². The van der Waals surface area contributed by atoms with Crippen LogP contribution >= 0.6 is 0 Å². The van der Waals surface area contributed by atoms with Crippen LogP contribution in [0.2, 0.25) is 0 Å². The molecule has 0 aromatic carbocycles. The Labute approximate surface area is 373 Å². The van der Waals surface area contributed by atoms with Crippen LogP contribution in [-0.2, 0) is 19.2 Å². The van der Waals surface area contributed by atoms with E-state index < -0.39 is 55.7 Å². The summed E-state index contributed by atoms with van der Waals surface area (Å²) in [6.07, 6.45) is 40.2. The van der Waals surface area contributed by atoms with Gasteiger partial charge in [0.2, 0.25) is 0 Å². The summed E-state index contributed by atoms with van der Waals surface area (Å²) >= 11 is 0. The molecule has 0 saturated carbocycles. The van der Waals surface area contributed by atoms with Gasteiger partial charge in [-0.25, -0.2) is 0 Å². The van der Waals surface area contributed by atoms with Crippen LogP contribution in [-0.4, -0.2) is 91.2 Å². The molecule has 12 heteroatoms. The van der Waals surface area contributed by atoms with Crippen LogP contribution in [0.4, 0.5) is 0 Å². The van der Waals surface area contributed by atoms with Crippen LogP contribution in [0, 0.1) is 5.41 Å². The predicted molar refractivity (Wildman–Crippen MR) is 250 cm³/mol. The number of hydrogen-bond acceptors (Lipinski definition) is 8. The minimum atomic E-state index is -1.11. The van der Waals surface area contributed by atoms with Crippen LogP contribution in [0.1, 0.15) is 259 Å². The third kappa shape index (κ3) is 72.5. The molecule has 0 bridgehead atoms. The average molecular weight is 881 g/mol. The molecule has 0 aromatic rings. The Balaban J connectivity index is -0.000000215. The third-order valence-electron chi connectivity index (χ3n) is 10.3. The van der Waals surface area contributed by atoms with E-state index in [-0.39, 0.29) is 0 Å². The maximum atomic E-state index is 10.2. The summed E-state index contributed by atoms with van der Waals surface area (Å²) in [4.78, 5) is 40.7. The first-order valence-electron chi connectivity index (χ1n) is 24.6. The molecule has 8 N–H and O–H groups in total. The summed E-state index contributed by atoms with van der Waals surface area (Å²) in [5.74, 6) is -2.64. The molecule has 0 saturated heterocycles. The lowest BCUT2D eigenvalue weighted by atomic mass is 9.93. The molecule has 12 nitrogen and oxygen atoms in total. The zero-order chi connectivity index (χ0) is 47.1. The fraction of sp³-hybridized carbons (Fsp3) is 0.918. The second kappa shape index (κ2) is 59.8. The lowest BCUT2D eigenvalue weighted by Gasteiger charge is -2.23. The molecule has 0 radical (unpaired) electrons. The van der Waals surface area contributed by atoms with Gasteiger partial charge in [-0.1, -0.05) is 207 Å². The first-order chi connectivity index (χ1) is 29.3. The molecule has 0 atom stereocenters.